The first-order valence-corrected chi connectivity index (χ1v) is 6.27. The summed E-state index contributed by atoms with van der Waals surface area (Å²) in [7, 11) is 4.03. The van der Waals surface area contributed by atoms with Crippen LogP contribution < -0.4 is 0 Å². The van der Waals surface area contributed by atoms with Gasteiger partial charge < -0.3 is 15.1 Å². The molecule has 0 aliphatic heterocycles. The molecule has 100 valence electrons. The molecule has 0 heterocycles. The number of rotatable bonds is 4. The van der Waals surface area contributed by atoms with Crippen molar-refractivity contribution in [2.45, 2.75) is 13.2 Å². The van der Waals surface area contributed by atoms with E-state index in [4.69, 9.17) is 0 Å². The van der Waals surface area contributed by atoms with Crippen LogP contribution in [0.4, 0.5) is 0 Å². The minimum Gasteiger partial charge on any atom is -0.508 e. The smallest absolute Gasteiger partial charge is 0.116 e. The molecule has 0 aliphatic rings. The van der Waals surface area contributed by atoms with E-state index >= 15 is 0 Å². The Morgan fingerprint density at radius 2 is 1.84 bits per heavy atom. The highest BCUT2D eigenvalue weighted by atomic mass is 16.3. The number of aliphatic hydroxyl groups excluding tert-OH is 1. The summed E-state index contributed by atoms with van der Waals surface area (Å²) in [4.78, 5) is 2.09. The lowest BCUT2D eigenvalue weighted by Gasteiger charge is -2.13. The zero-order valence-electron chi connectivity index (χ0n) is 11.3. The van der Waals surface area contributed by atoms with Crippen molar-refractivity contribution in [2.24, 2.45) is 0 Å². The topological polar surface area (TPSA) is 43.7 Å². The van der Waals surface area contributed by atoms with E-state index in [1.807, 2.05) is 32.3 Å². The third-order valence-electron chi connectivity index (χ3n) is 3.00. The summed E-state index contributed by atoms with van der Waals surface area (Å²) in [6.07, 6.45) is 0. The molecule has 0 saturated carbocycles. The Kier molecular flexibility index (Phi) is 4.20. The molecule has 0 atom stereocenters. The van der Waals surface area contributed by atoms with E-state index in [-0.39, 0.29) is 12.4 Å². The van der Waals surface area contributed by atoms with Gasteiger partial charge in [0, 0.05) is 6.54 Å². The van der Waals surface area contributed by atoms with Crippen molar-refractivity contribution in [1.29, 1.82) is 0 Å². The first-order valence-electron chi connectivity index (χ1n) is 6.27. The van der Waals surface area contributed by atoms with Crippen LogP contribution in [-0.2, 0) is 13.2 Å². The molecule has 19 heavy (non-hydrogen) atoms. The van der Waals surface area contributed by atoms with E-state index in [1.165, 1.54) is 0 Å². The third kappa shape index (κ3) is 3.34. The highest BCUT2D eigenvalue weighted by Crippen LogP contribution is 2.27. The highest BCUT2D eigenvalue weighted by molar-refractivity contribution is 5.69. The number of hydrogen-bond donors (Lipinski definition) is 2. The number of benzene rings is 2. The zero-order valence-corrected chi connectivity index (χ0v) is 11.3. The summed E-state index contributed by atoms with van der Waals surface area (Å²) in [6.45, 7) is 0.833. The number of aliphatic hydroxyl groups is 1. The van der Waals surface area contributed by atoms with Crippen LogP contribution in [-0.4, -0.2) is 29.2 Å². The van der Waals surface area contributed by atoms with Crippen LogP contribution in [0.15, 0.2) is 42.5 Å². The number of phenolic OH excluding ortho intramolecular Hbond substituents is 1. The Morgan fingerprint density at radius 1 is 1.05 bits per heavy atom. The Hall–Kier alpha value is -1.84. The van der Waals surface area contributed by atoms with Gasteiger partial charge in [0.15, 0.2) is 0 Å². The van der Waals surface area contributed by atoms with Gasteiger partial charge in [-0.15, -0.1) is 0 Å². The van der Waals surface area contributed by atoms with E-state index in [2.05, 4.69) is 11.0 Å². The van der Waals surface area contributed by atoms with E-state index < -0.39 is 0 Å². The minimum absolute atomic E-state index is 0.00768. The zero-order chi connectivity index (χ0) is 13.8. The minimum atomic E-state index is -0.00768. The summed E-state index contributed by atoms with van der Waals surface area (Å²) in [6, 6.07) is 13.2. The lowest BCUT2D eigenvalue weighted by Crippen LogP contribution is -2.10. The first kappa shape index (κ1) is 13.6. The van der Waals surface area contributed by atoms with Crippen molar-refractivity contribution >= 4 is 0 Å². The maximum absolute atomic E-state index is 9.54. The Labute approximate surface area is 113 Å². The van der Waals surface area contributed by atoms with Gasteiger partial charge in [-0.1, -0.05) is 30.3 Å². The van der Waals surface area contributed by atoms with Gasteiger partial charge in [0.25, 0.3) is 0 Å². The normalized spacial score (nSPS) is 10.9. The molecule has 3 heteroatoms. The fraction of sp³-hybridized carbons (Fsp3) is 0.250. The second-order valence-electron chi connectivity index (χ2n) is 4.94. The van der Waals surface area contributed by atoms with Crippen molar-refractivity contribution < 1.29 is 10.2 Å². The number of aromatic hydroxyl groups is 1. The van der Waals surface area contributed by atoms with Crippen molar-refractivity contribution in [3.8, 4) is 16.9 Å². The SMILES string of the molecule is CN(C)Cc1ccc(-c2cccc(O)c2)c(CO)c1. The van der Waals surface area contributed by atoms with Crippen LogP contribution in [0.1, 0.15) is 11.1 Å². The third-order valence-corrected chi connectivity index (χ3v) is 3.00. The van der Waals surface area contributed by atoms with Gasteiger partial charge in [-0.3, -0.25) is 0 Å². The molecule has 2 aromatic carbocycles. The predicted octanol–water partition coefficient (Wildman–Crippen LogP) is 2.61. The lowest BCUT2D eigenvalue weighted by atomic mass is 9.97. The highest BCUT2D eigenvalue weighted by Gasteiger charge is 2.07. The standard InChI is InChI=1S/C16H19NO2/c1-17(2)10-12-6-7-16(14(8-12)11-18)13-4-3-5-15(19)9-13/h3-9,18-19H,10-11H2,1-2H3. The summed E-state index contributed by atoms with van der Waals surface area (Å²) in [5.41, 5.74) is 3.92. The van der Waals surface area contributed by atoms with Crippen LogP contribution in [0.3, 0.4) is 0 Å². The van der Waals surface area contributed by atoms with E-state index in [1.54, 1.807) is 18.2 Å². The molecule has 2 rings (SSSR count). The van der Waals surface area contributed by atoms with Crippen molar-refractivity contribution in [3.05, 3.63) is 53.6 Å². The molecule has 3 nitrogen and oxygen atoms in total. The van der Waals surface area contributed by atoms with E-state index in [0.717, 1.165) is 28.8 Å². The molecule has 0 bridgehead atoms. The van der Waals surface area contributed by atoms with Gasteiger partial charge in [-0.05, 0) is 48.5 Å². The van der Waals surface area contributed by atoms with Crippen LogP contribution >= 0.6 is 0 Å². The van der Waals surface area contributed by atoms with Crippen LogP contribution in [0.2, 0.25) is 0 Å². The van der Waals surface area contributed by atoms with E-state index in [9.17, 15) is 10.2 Å². The quantitative estimate of drug-likeness (QED) is 0.885. The molecular formula is C16H19NO2. The monoisotopic (exact) mass is 257 g/mol. The summed E-state index contributed by atoms with van der Waals surface area (Å²) < 4.78 is 0. The second kappa shape index (κ2) is 5.87. The van der Waals surface area contributed by atoms with Crippen molar-refractivity contribution in [3.63, 3.8) is 0 Å². The molecule has 0 fully saturated rings. The molecule has 0 saturated heterocycles. The number of hydrogen-bond acceptors (Lipinski definition) is 3. The van der Waals surface area contributed by atoms with E-state index in [0.29, 0.717) is 0 Å². The van der Waals surface area contributed by atoms with Gasteiger partial charge in [-0.2, -0.15) is 0 Å². The maximum atomic E-state index is 9.54. The maximum Gasteiger partial charge on any atom is 0.116 e. The van der Waals surface area contributed by atoms with Crippen LogP contribution in [0.5, 0.6) is 5.75 Å². The van der Waals surface area contributed by atoms with Crippen LogP contribution in [0.25, 0.3) is 11.1 Å². The van der Waals surface area contributed by atoms with Gasteiger partial charge in [0.1, 0.15) is 5.75 Å². The average Bonchev–Trinajstić information content (AvgIpc) is 2.37. The van der Waals surface area contributed by atoms with Gasteiger partial charge in [0.05, 0.1) is 6.61 Å². The molecule has 0 spiro atoms. The summed E-state index contributed by atoms with van der Waals surface area (Å²) >= 11 is 0. The Bertz CT molecular complexity index is 564. The van der Waals surface area contributed by atoms with Gasteiger partial charge >= 0.3 is 0 Å². The Morgan fingerprint density at radius 3 is 2.47 bits per heavy atom. The first-order chi connectivity index (χ1) is 9.10. The molecule has 0 amide bonds. The number of nitrogens with zero attached hydrogens (tertiary/aromatic N) is 1. The van der Waals surface area contributed by atoms with Crippen molar-refractivity contribution in [1.82, 2.24) is 4.90 Å². The fourth-order valence-electron chi connectivity index (χ4n) is 2.20. The number of phenols is 1. The molecule has 0 radical (unpaired) electrons. The predicted molar refractivity (Wildman–Crippen MR) is 76.9 cm³/mol. The van der Waals surface area contributed by atoms with Gasteiger partial charge in [0.2, 0.25) is 0 Å². The molecule has 2 aromatic rings. The molecular weight excluding hydrogens is 238 g/mol. The molecule has 0 aromatic heterocycles. The summed E-state index contributed by atoms with van der Waals surface area (Å²) in [5.74, 6) is 0.235. The fourth-order valence-corrected chi connectivity index (χ4v) is 2.20. The van der Waals surface area contributed by atoms with Gasteiger partial charge in [-0.25, -0.2) is 0 Å². The largest absolute Gasteiger partial charge is 0.508 e. The lowest BCUT2D eigenvalue weighted by molar-refractivity contribution is 0.282. The van der Waals surface area contributed by atoms with Crippen LogP contribution in [0, 0.1) is 0 Å². The molecule has 0 aliphatic carbocycles. The molecule has 0 unspecified atom stereocenters. The second-order valence-corrected chi connectivity index (χ2v) is 4.94. The average molecular weight is 257 g/mol. The molecule has 2 N–H and O–H groups in total. The van der Waals surface area contributed by atoms with Crippen molar-refractivity contribution in [2.75, 3.05) is 14.1 Å². The summed E-state index contributed by atoms with van der Waals surface area (Å²) in [5, 5.41) is 19.1. The Balaban J connectivity index is 2.41.